The average molecular weight is 234 g/mol. The molecular formula is C14H22N2O. The van der Waals surface area contributed by atoms with Gasteiger partial charge in [0, 0.05) is 24.8 Å². The fraction of sp³-hybridized carbons (Fsp3) is 0.571. The Morgan fingerprint density at radius 2 is 2.12 bits per heavy atom. The van der Waals surface area contributed by atoms with Crippen molar-refractivity contribution in [2.45, 2.75) is 32.4 Å². The molecule has 1 aliphatic rings. The standard InChI is InChI=1S/C14H22N2O/c1-3-12-6-4-5-7-14(12)16-11(2)8-15-9-13(16)10-17/h4-7,11,13,15,17H,3,8-10H2,1-2H3. The third kappa shape index (κ3) is 2.45. The third-order valence-electron chi connectivity index (χ3n) is 3.55. The number of aliphatic hydroxyl groups excluding tert-OH is 1. The van der Waals surface area contributed by atoms with E-state index in [0.717, 1.165) is 19.5 Å². The minimum Gasteiger partial charge on any atom is -0.394 e. The molecule has 2 rings (SSSR count). The molecule has 0 spiro atoms. The van der Waals surface area contributed by atoms with Crippen molar-refractivity contribution in [1.82, 2.24) is 5.32 Å². The molecule has 1 aromatic carbocycles. The molecule has 2 unspecified atom stereocenters. The van der Waals surface area contributed by atoms with Crippen molar-refractivity contribution >= 4 is 5.69 Å². The van der Waals surface area contributed by atoms with Crippen LogP contribution in [-0.2, 0) is 6.42 Å². The fourth-order valence-corrected chi connectivity index (χ4v) is 2.66. The molecule has 0 aliphatic carbocycles. The predicted molar refractivity (Wildman–Crippen MR) is 71.5 cm³/mol. The van der Waals surface area contributed by atoms with Gasteiger partial charge in [-0.05, 0) is 25.0 Å². The second-order valence-electron chi connectivity index (χ2n) is 4.73. The number of para-hydroxylation sites is 1. The second kappa shape index (κ2) is 5.52. The van der Waals surface area contributed by atoms with Gasteiger partial charge in [0.2, 0.25) is 0 Å². The Kier molecular flexibility index (Phi) is 4.02. The van der Waals surface area contributed by atoms with E-state index in [4.69, 9.17) is 0 Å². The van der Waals surface area contributed by atoms with Crippen LogP contribution in [0.3, 0.4) is 0 Å². The number of nitrogens with one attached hydrogen (secondary N) is 1. The molecule has 0 amide bonds. The van der Waals surface area contributed by atoms with Crippen LogP contribution < -0.4 is 10.2 Å². The quantitative estimate of drug-likeness (QED) is 0.830. The maximum Gasteiger partial charge on any atom is 0.0649 e. The minimum absolute atomic E-state index is 0.187. The van der Waals surface area contributed by atoms with Crippen molar-refractivity contribution in [2.24, 2.45) is 0 Å². The Labute approximate surface area is 103 Å². The Hall–Kier alpha value is -1.06. The molecule has 0 saturated carbocycles. The van der Waals surface area contributed by atoms with Gasteiger partial charge >= 0.3 is 0 Å². The van der Waals surface area contributed by atoms with Crippen LogP contribution in [0.15, 0.2) is 24.3 Å². The lowest BCUT2D eigenvalue weighted by Crippen LogP contribution is -2.58. The van der Waals surface area contributed by atoms with Crippen molar-refractivity contribution in [1.29, 1.82) is 0 Å². The molecule has 3 heteroatoms. The molecule has 1 fully saturated rings. The van der Waals surface area contributed by atoms with Gasteiger partial charge in [-0.2, -0.15) is 0 Å². The summed E-state index contributed by atoms with van der Waals surface area (Å²) < 4.78 is 0. The molecule has 3 nitrogen and oxygen atoms in total. The van der Waals surface area contributed by atoms with E-state index in [1.807, 2.05) is 0 Å². The van der Waals surface area contributed by atoms with Gasteiger partial charge in [-0.25, -0.2) is 0 Å². The summed E-state index contributed by atoms with van der Waals surface area (Å²) >= 11 is 0. The zero-order valence-corrected chi connectivity index (χ0v) is 10.7. The first kappa shape index (κ1) is 12.4. The second-order valence-corrected chi connectivity index (χ2v) is 4.73. The first-order chi connectivity index (χ1) is 8.27. The van der Waals surface area contributed by atoms with Crippen LogP contribution in [-0.4, -0.2) is 36.9 Å². The fourth-order valence-electron chi connectivity index (χ4n) is 2.66. The summed E-state index contributed by atoms with van der Waals surface area (Å²) in [6.45, 7) is 6.43. The highest BCUT2D eigenvalue weighted by molar-refractivity contribution is 5.56. The van der Waals surface area contributed by atoms with Crippen molar-refractivity contribution in [2.75, 3.05) is 24.6 Å². The number of hydrogen-bond acceptors (Lipinski definition) is 3. The summed E-state index contributed by atoms with van der Waals surface area (Å²) in [4.78, 5) is 2.37. The molecule has 0 radical (unpaired) electrons. The zero-order valence-electron chi connectivity index (χ0n) is 10.7. The number of piperazine rings is 1. The van der Waals surface area contributed by atoms with Crippen LogP contribution in [0.25, 0.3) is 0 Å². The van der Waals surface area contributed by atoms with Crippen molar-refractivity contribution in [3.8, 4) is 0 Å². The molecule has 1 heterocycles. The summed E-state index contributed by atoms with van der Waals surface area (Å²) in [5, 5.41) is 12.9. The molecule has 1 aromatic rings. The summed E-state index contributed by atoms with van der Waals surface area (Å²) in [6.07, 6.45) is 1.03. The molecule has 2 N–H and O–H groups in total. The highest BCUT2D eigenvalue weighted by Gasteiger charge is 2.28. The van der Waals surface area contributed by atoms with Crippen molar-refractivity contribution in [3.05, 3.63) is 29.8 Å². The predicted octanol–water partition coefficient (Wildman–Crippen LogP) is 1.41. The van der Waals surface area contributed by atoms with Crippen molar-refractivity contribution < 1.29 is 5.11 Å². The molecule has 0 aromatic heterocycles. The maximum absolute atomic E-state index is 9.52. The number of aryl methyl sites for hydroxylation is 1. The van der Waals surface area contributed by atoms with Gasteiger partial charge in [-0.1, -0.05) is 25.1 Å². The number of nitrogens with zero attached hydrogens (tertiary/aromatic N) is 1. The number of benzene rings is 1. The van der Waals surface area contributed by atoms with Gasteiger partial charge in [0.05, 0.1) is 12.6 Å². The number of hydrogen-bond donors (Lipinski definition) is 2. The van der Waals surface area contributed by atoms with E-state index < -0.39 is 0 Å². The van der Waals surface area contributed by atoms with E-state index in [-0.39, 0.29) is 12.6 Å². The number of aliphatic hydroxyl groups is 1. The molecule has 1 aliphatic heterocycles. The normalized spacial score (nSPS) is 25.0. The van der Waals surface area contributed by atoms with Gasteiger partial charge in [0.1, 0.15) is 0 Å². The van der Waals surface area contributed by atoms with Gasteiger partial charge in [0.15, 0.2) is 0 Å². The Balaban J connectivity index is 2.34. The largest absolute Gasteiger partial charge is 0.394 e. The van der Waals surface area contributed by atoms with Gasteiger partial charge in [-0.3, -0.25) is 0 Å². The monoisotopic (exact) mass is 234 g/mol. The lowest BCUT2D eigenvalue weighted by molar-refractivity contribution is 0.235. The van der Waals surface area contributed by atoms with Crippen molar-refractivity contribution in [3.63, 3.8) is 0 Å². The summed E-state index contributed by atoms with van der Waals surface area (Å²) in [5.41, 5.74) is 2.64. The molecular weight excluding hydrogens is 212 g/mol. The van der Waals surface area contributed by atoms with E-state index in [9.17, 15) is 5.11 Å². The highest BCUT2D eigenvalue weighted by atomic mass is 16.3. The van der Waals surface area contributed by atoms with Gasteiger partial charge in [-0.15, -0.1) is 0 Å². The molecule has 2 atom stereocenters. The number of anilines is 1. The first-order valence-corrected chi connectivity index (χ1v) is 6.45. The molecule has 94 valence electrons. The highest BCUT2D eigenvalue weighted by Crippen LogP contribution is 2.26. The molecule has 17 heavy (non-hydrogen) atoms. The Bertz CT molecular complexity index is 367. The lowest BCUT2D eigenvalue weighted by Gasteiger charge is -2.43. The summed E-state index contributed by atoms with van der Waals surface area (Å²) in [6, 6.07) is 9.13. The Morgan fingerprint density at radius 1 is 1.35 bits per heavy atom. The topological polar surface area (TPSA) is 35.5 Å². The maximum atomic E-state index is 9.52. The smallest absolute Gasteiger partial charge is 0.0649 e. The van der Waals surface area contributed by atoms with Crippen LogP contribution in [0, 0.1) is 0 Å². The minimum atomic E-state index is 0.187. The zero-order chi connectivity index (χ0) is 12.3. The van der Waals surface area contributed by atoms with E-state index in [1.165, 1.54) is 11.3 Å². The lowest BCUT2D eigenvalue weighted by atomic mass is 10.0. The molecule has 1 saturated heterocycles. The molecule has 0 bridgehead atoms. The summed E-state index contributed by atoms with van der Waals surface area (Å²) in [7, 11) is 0. The van der Waals surface area contributed by atoms with Gasteiger partial charge < -0.3 is 15.3 Å². The van der Waals surface area contributed by atoms with E-state index in [2.05, 4.69) is 48.3 Å². The summed E-state index contributed by atoms with van der Waals surface area (Å²) in [5.74, 6) is 0. The SMILES string of the molecule is CCc1ccccc1N1C(C)CNCC1CO. The van der Waals surface area contributed by atoms with E-state index in [1.54, 1.807) is 0 Å². The number of rotatable bonds is 3. The van der Waals surface area contributed by atoms with Crippen LogP contribution in [0.1, 0.15) is 19.4 Å². The van der Waals surface area contributed by atoms with Crippen LogP contribution in [0.4, 0.5) is 5.69 Å². The van der Waals surface area contributed by atoms with Gasteiger partial charge in [0.25, 0.3) is 0 Å². The average Bonchev–Trinajstić information content (AvgIpc) is 2.38. The van der Waals surface area contributed by atoms with Crippen LogP contribution in [0.2, 0.25) is 0 Å². The van der Waals surface area contributed by atoms with Crippen LogP contribution in [0.5, 0.6) is 0 Å². The third-order valence-corrected chi connectivity index (χ3v) is 3.55. The first-order valence-electron chi connectivity index (χ1n) is 6.45. The van der Waals surface area contributed by atoms with E-state index >= 15 is 0 Å². The van der Waals surface area contributed by atoms with Crippen LogP contribution >= 0.6 is 0 Å². The Morgan fingerprint density at radius 3 is 2.82 bits per heavy atom. The van der Waals surface area contributed by atoms with E-state index in [0.29, 0.717) is 6.04 Å².